The molecular formula is C13H27. The van der Waals surface area contributed by atoms with Gasteiger partial charge >= 0.3 is 0 Å². The molecule has 0 aliphatic heterocycles. The van der Waals surface area contributed by atoms with Crippen LogP contribution in [0.25, 0.3) is 0 Å². The molecule has 0 aromatic heterocycles. The van der Waals surface area contributed by atoms with Crippen LogP contribution in [0.15, 0.2) is 0 Å². The van der Waals surface area contributed by atoms with E-state index >= 15 is 0 Å². The molecule has 79 valence electrons. The molecule has 0 aromatic carbocycles. The average Bonchev–Trinajstić information content (AvgIpc) is 2.16. The predicted molar refractivity (Wildman–Crippen MR) is 61.6 cm³/mol. The lowest BCUT2D eigenvalue weighted by Crippen LogP contribution is -2.23. The van der Waals surface area contributed by atoms with Crippen molar-refractivity contribution in [3.8, 4) is 0 Å². The van der Waals surface area contributed by atoms with E-state index in [1.54, 1.807) is 5.92 Å². The molecule has 0 amide bonds. The van der Waals surface area contributed by atoms with E-state index in [0.717, 1.165) is 17.8 Å². The summed E-state index contributed by atoms with van der Waals surface area (Å²) < 4.78 is 0. The third-order valence-electron chi connectivity index (χ3n) is 3.54. The first-order chi connectivity index (χ1) is 6.08. The van der Waals surface area contributed by atoms with Crippen molar-refractivity contribution in [2.75, 3.05) is 0 Å². The Morgan fingerprint density at radius 1 is 0.692 bits per heavy atom. The molecule has 0 rings (SSSR count). The summed E-state index contributed by atoms with van der Waals surface area (Å²) in [6.45, 7) is 14.1. The van der Waals surface area contributed by atoms with Gasteiger partial charge in [0.25, 0.3) is 0 Å². The van der Waals surface area contributed by atoms with Crippen molar-refractivity contribution in [3.63, 3.8) is 0 Å². The summed E-state index contributed by atoms with van der Waals surface area (Å²) in [4.78, 5) is 0. The van der Waals surface area contributed by atoms with Gasteiger partial charge in [-0.25, -0.2) is 0 Å². The molecule has 0 aliphatic carbocycles. The zero-order valence-electron chi connectivity index (χ0n) is 10.4. The van der Waals surface area contributed by atoms with E-state index in [2.05, 4.69) is 41.5 Å². The fraction of sp³-hybridized carbons (Fsp3) is 0.923. The molecule has 0 spiro atoms. The summed E-state index contributed by atoms with van der Waals surface area (Å²) in [5, 5.41) is 0. The van der Waals surface area contributed by atoms with Gasteiger partial charge in [-0.2, -0.15) is 0 Å². The Morgan fingerprint density at radius 3 is 1.08 bits per heavy atom. The topological polar surface area (TPSA) is 0 Å². The fourth-order valence-electron chi connectivity index (χ4n) is 2.16. The molecule has 0 bridgehead atoms. The fourth-order valence-corrected chi connectivity index (χ4v) is 2.16. The Hall–Kier alpha value is 0. The van der Waals surface area contributed by atoms with Gasteiger partial charge in [0.05, 0.1) is 0 Å². The van der Waals surface area contributed by atoms with Crippen molar-refractivity contribution < 1.29 is 0 Å². The molecule has 0 heterocycles. The lowest BCUT2D eigenvalue weighted by molar-refractivity contribution is 0.346. The molecule has 0 aliphatic rings. The van der Waals surface area contributed by atoms with Crippen molar-refractivity contribution in [2.24, 2.45) is 17.8 Å². The number of hydrogen-bond donors (Lipinski definition) is 0. The van der Waals surface area contributed by atoms with Crippen LogP contribution in [0, 0.1) is 23.7 Å². The molecule has 0 heteroatoms. The van der Waals surface area contributed by atoms with Crippen molar-refractivity contribution in [2.45, 2.75) is 60.8 Å². The van der Waals surface area contributed by atoms with Crippen molar-refractivity contribution in [3.05, 3.63) is 5.92 Å². The summed E-state index contributed by atoms with van der Waals surface area (Å²) in [5.74, 6) is 4.23. The van der Waals surface area contributed by atoms with Gasteiger partial charge in [0.2, 0.25) is 0 Å². The van der Waals surface area contributed by atoms with Gasteiger partial charge in [0.1, 0.15) is 0 Å². The molecule has 0 nitrogen and oxygen atoms in total. The first-order valence-electron chi connectivity index (χ1n) is 5.94. The zero-order chi connectivity index (χ0) is 10.4. The Labute approximate surface area is 85.1 Å². The molecule has 0 N–H and O–H groups in total. The second-order valence-corrected chi connectivity index (χ2v) is 4.43. The standard InChI is InChI=1S/C13H27/c1-7-10(4)13(11(5)8-2)12(6)9-3/h10-12H,7-9H2,1-6H3. The minimum absolute atomic E-state index is 0.810. The quantitative estimate of drug-likeness (QED) is 0.560. The van der Waals surface area contributed by atoms with Crippen LogP contribution in [0.1, 0.15) is 60.8 Å². The predicted octanol–water partition coefficient (Wildman–Crippen LogP) is 4.70. The minimum Gasteiger partial charge on any atom is -0.0651 e. The second-order valence-electron chi connectivity index (χ2n) is 4.43. The highest BCUT2D eigenvalue weighted by molar-refractivity contribution is 5.01. The average molecular weight is 183 g/mol. The second kappa shape index (κ2) is 6.45. The van der Waals surface area contributed by atoms with Gasteiger partial charge in [-0.1, -0.05) is 60.8 Å². The smallest absolute Gasteiger partial charge is 0.0157 e. The van der Waals surface area contributed by atoms with Crippen LogP contribution in [0.5, 0.6) is 0 Å². The van der Waals surface area contributed by atoms with Crippen molar-refractivity contribution in [1.82, 2.24) is 0 Å². The van der Waals surface area contributed by atoms with Crippen LogP contribution < -0.4 is 0 Å². The van der Waals surface area contributed by atoms with Crippen LogP contribution in [-0.2, 0) is 0 Å². The Balaban J connectivity index is 4.34. The highest BCUT2D eigenvalue weighted by atomic mass is 14.3. The van der Waals surface area contributed by atoms with E-state index in [9.17, 15) is 0 Å². The molecule has 0 aromatic rings. The zero-order valence-corrected chi connectivity index (χ0v) is 10.4. The van der Waals surface area contributed by atoms with Crippen molar-refractivity contribution in [1.29, 1.82) is 0 Å². The molecule has 1 radical (unpaired) electrons. The SMILES string of the molecule is CCC(C)[C](C(C)CC)C(C)CC. The summed E-state index contributed by atoms with van der Waals surface area (Å²) >= 11 is 0. The maximum atomic E-state index is 2.38. The third kappa shape index (κ3) is 3.70. The Morgan fingerprint density at radius 2 is 0.923 bits per heavy atom. The van der Waals surface area contributed by atoms with E-state index in [-0.39, 0.29) is 0 Å². The van der Waals surface area contributed by atoms with Gasteiger partial charge < -0.3 is 0 Å². The maximum absolute atomic E-state index is 2.38. The van der Waals surface area contributed by atoms with Crippen molar-refractivity contribution >= 4 is 0 Å². The molecule has 0 saturated carbocycles. The molecule has 0 saturated heterocycles. The first kappa shape index (κ1) is 13.0. The monoisotopic (exact) mass is 183 g/mol. The van der Waals surface area contributed by atoms with E-state index in [1.165, 1.54) is 19.3 Å². The van der Waals surface area contributed by atoms with E-state index in [1.807, 2.05) is 0 Å². The molecular weight excluding hydrogens is 156 g/mol. The summed E-state index contributed by atoms with van der Waals surface area (Å²) in [6, 6.07) is 0. The van der Waals surface area contributed by atoms with Gasteiger partial charge in [-0.05, 0) is 23.7 Å². The van der Waals surface area contributed by atoms with Gasteiger partial charge in [0.15, 0.2) is 0 Å². The number of hydrogen-bond acceptors (Lipinski definition) is 0. The van der Waals surface area contributed by atoms with E-state index in [0.29, 0.717) is 0 Å². The van der Waals surface area contributed by atoms with Gasteiger partial charge in [-0.3, -0.25) is 0 Å². The lowest BCUT2D eigenvalue weighted by Gasteiger charge is -2.32. The first-order valence-corrected chi connectivity index (χ1v) is 5.94. The van der Waals surface area contributed by atoms with Crippen LogP contribution in [0.2, 0.25) is 0 Å². The van der Waals surface area contributed by atoms with Gasteiger partial charge in [-0.15, -0.1) is 0 Å². The summed E-state index contributed by atoms with van der Waals surface area (Å²) in [7, 11) is 0. The third-order valence-corrected chi connectivity index (χ3v) is 3.54. The molecule has 3 unspecified atom stereocenters. The Kier molecular flexibility index (Phi) is 6.45. The van der Waals surface area contributed by atoms with Crippen LogP contribution in [0.3, 0.4) is 0 Å². The van der Waals surface area contributed by atoms with Crippen LogP contribution in [0.4, 0.5) is 0 Å². The number of rotatable bonds is 6. The lowest BCUT2D eigenvalue weighted by atomic mass is 9.72. The van der Waals surface area contributed by atoms with Crippen LogP contribution >= 0.6 is 0 Å². The largest absolute Gasteiger partial charge is 0.0651 e. The van der Waals surface area contributed by atoms with Gasteiger partial charge in [0, 0.05) is 0 Å². The summed E-state index contributed by atoms with van der Waals surface area (Å²) in [6.07, 6.45) is 3.89. The molecule has 13 heavy (non-hydrogen) atoms. The minimum atomic E-state index is 0.810. The highest BCUT2D eigenvalue weighted by Crippen LogP contribution is 2.36. The van der Waals surface area contributed by atoms with Crippen LogP contribution in [-0.4, -0.2) is 0 Å². The Bertz CT molecular complexity index is 93.4. The van der Waals surface area contributed by atoms with E-state index in [4.69, 9.17) is 0 Å². The van der Waals surface area contributed by atoms with E-state index < -0.39 is 0 Å². The summed E-state index contributed by atoms with van der Waals surface area (Å²) in [5.41, 5.74) is 0. The normalized spacial score (nSPS) is 18.7. The molecule has 3 atom stereocenters. The highest BCUT2D eigenvalue weighted by Gasteiger charge is 2.26. The molecule has 0 fully saturated rings. The maximum Gasteiger partial charge on any atom is -0.0157 e.